The number of methoxy groups -OCH3 is 1. The molecule has 1 saturated heterocycles. The minimum atomic E-state index is 0.151. The van der Waals surface area contributed by atoms with E-state index in [9.17, 15) is 4.79 Å². The van der Waals surface area contributed by atoms with Crippen LogP contribution in [-0.2, 0) is 11.2 Å². The maximum absolute atomic E-state index is 12.1. The molecule has 0 N–H and O–H groups in total. The lowest BCUT2D eigenvalue weighted by Gasteiger charge is -2.38. The van der Waals surface area contributed by atoms with E-state index in [2.05, 4.69) is 23.1 Å². The molecule has 1 amide bonds. The standard InChI is InChI=1S/C19H26N2O2/c1-14(2)12-19(22)21-10-8-20(9-11-21)18-7-5-15-4-6-16(23-3)13-17(15)18/h4,6,12-13,18H,5,7-11H2,1-3H3. The van der Waals surface area contributed by atoms with Crippen LogP contribution in [0.4, 0.5) is 0 Å². The molecule has 0 saturated carbocycles. The van der Waals surface area contributed by atoms with E-state index < -0.39 is 0 Å². The van der Waals surface area contributed by atoms with E-state index in [0.717, 1.165) is 43.9 Å². The molecule has 1 heterocycles. The summed E-state index contributed by atoms with van der Waals surface area (Å²) in [4.78, 5) is 16.6. The predicted octanol–water partition coefficient (Wildman–Crippen LogP) is 2.79. The number of hydrogen-bond acceptors (Lipinski definition) is 3. The highest BCUT2D eigenvalue weighted by molar-refractivity contribution is 5.88. The normalized spacial score (nSPS) is 21.0. The molecular weight excluding hydrogens is 288 g/mol. The van der Waals surface area contributed by atoms with Crippen LogP contribution in [0.1, 0.15) is 37.4 Å². The van der Waals surface area contributed by atoms with Crippen LogP contribution in [0.3, 0.4) is 0 Å². The average molecular weight is 314 g/mol. The summed E-state index contributed by atoms with van der Waals surface area (Å²) < 4.78 is 5.38. The first-order chi connectivity index (χ1) is 11.1. The third kappa shape index (κ3) is 3.42. The molecule has 124 valence electrons. The number of amides is 1. The first kappa shape index (κ1) is 16.1. The number of benzene rings is 1. The zero-order valence-corrected chi connectivity index (χ0v) is 14.3. The molecule has 23 heavy (non-hydrogen) atoms. The molecule has 4 nitrogen and oxygen atoms in total. The van der Waals surface area contributed by atoms with Gasteiger partial charge in [-0.3, -0.25) is 9.69 Å². The molecule has 1 aromatic rings. The van der Waals surface area contributed by atoms with Gasteiger partial charge in [0, 0.05) is 38.3 Å². The maximum atomic E-state index is 12.1. The lowest BCUT2D eigenvalue weighted by Crippen LogP contribution is -2.49. The van der Waals surface area contributed by atoms with Crippen molar-refractivity contribution in [1.29, 1.82) is 0 Å². The molecule has 1 aliphatic heterocycles. The number of allylic oxidation sites excluding steroid dienone is 1. The maximum Gasteiger partial charge on any atom is 0.246 e. The van der Waals surface area contributed by atoms with Gasteiger partial charge < -0.3 is 9.64 Å². The molecule has 4 heteroatoms. The Balaban J connectivity index is 1.66. The Morgan fingerprint density at radius 2 is 1.96 bits per heavy atom. The molecule has 1 atom stereocenters. The molecule has 0 aromatic heterocycles. The van der Waals surface area contributed by atoms with E-state index >= 15 is 0 Å². The molecule has 1 aliphatic carbocycles. The van der Waals surface area contributed by atoms with Gasteiger partial charge in [-0.05, 0) is 49.9 Å². The number of fused-ring (bicyclic) bond motifs is 1. The summed E-state index contributed by atoms with van der Waals surface area (Å²) in [5.74, 6) is 1.09. The van der Waals surface area contributed by atoms with Gasteiger partial charge in [0.2, 0.25) is 5.91 Å². The van der Waals surface area contributed by atoms with Crippen LogP contribution in [0.15, 0.2) is 29.8 Å². The first-order valence-corrected chi connectivity index (χ1v) is 8.43. The summed E-state index contributed by atoms with van der Waals surface area (Å²) in [5.41, 5.74) is 3.92. The number of carbonyl (C=O) groups excluding carboxylic acids is 1. The van der Waals surface area contributed by atoms with Crippen LogP contribution >= 0.6 is 0 Å². The van der Waals surface area contributed by atoms with Crippen molar-refractivity contribution < 1.29 is 9.53 Å². The third-order valence-corrected chi connectivity index (χ3v) is 4.88. The fourth-order valence-electron chi connectivity index (χ4n) is 3.66. The molecule has 0 bridgehead atoms. The van der Waals surface area contributed by atoms with Crippen molar-refractivity contribution in [2.45, 2.75) is 32.7 Å². The first-order valence-electron chi connectivity index (χ1n) is 8.43. The SMILES string of the molecule is COc1ccc2c(c1)C(N1CCN(C(=O)C=C(C)C)CC1)CC2. The van der Waals surface area contributed by atoms with E-state index in [0.29, 0.717) is 6.04 Å². The van der Waals surface area contributed by atoms with Crippen molar-refractivity contribution in [2.75, 3.05) is 33.3 Å². The molecule has 3 rings (SSSR count). The quantitative estimate of drug-likeness (QED) is 0.804. The Hall–Kier alpha value is -1.81. The summed E-state index contributed by atoms with van der Waals surface area (Å²) in [5, 5.41) is 0. The molecule has 1 aromatic carbocycles. The van der Waals surface area contributed by atoms with Crippen LogP contribution in [-0.4, -0.2) is 49.0 Å². The van der Waals surface area contributed by atoms with Crippen LogP contribution < -0.4 is 4.74 Å². The zero-order chi connectivity index (χ0) is 16.4. The van der Waals surface area contributed by atoms with Crippen molar-refractivity contribution in [1.82, 2.24) is 9.80 Å². The Morgan fingerprint density at radius 3 is 2.61 bits per heavy atom. The van der Waals surface area contributed by atoms with Crippen molar-refractivity contribution in [3.05, 3.63) is 41.0 Å². The Kier molecular flexibility index (Phi) is 4.71. The second kappa shape index (κ2) is 6.75. The number of aryl methyl sites for hydroxylation is 1. The molecule has 2 aliphatic rings. The Morgan fingerprint density at radius 1 is 1.22 bits per heavy atom. The third-order valence-electron chi connectivity index (χ3n) is 4.88. The van der Waals surface area contributed by atoms with Crippen molar-refractivity contribution >= 4 is 5.91 Å². The van der Waals surface area contributed by atoms with Gasteiger partial charge in [-0.15, -0.1) is 0 Å². The predicted molar refractivity (Wildman–Crippen MR) is 91.6 cm³/mol. The van der Waals surface area contributed by atoms with Gasteiger partial charge in [-0.1, -0.05) is 11.6 Å². The number of hydrogen-bond donors (Lipinski definition) is 0. The van der Waals surface area contributed by atoms with Gasteiger partial charge in [-0.2, -0.15) is 0 Å². The molecule has 0 radical (unpaired) electrons. The fraction of sp³-hybridized carbons (Fsp3) is 0.526. The summed E-state index contributed by atoms with van der Waals surface area (Å²) in [6.07, 6.45) is 4.05. The minimum absolute atomic E-state index is 0.151. The second-order valence-corrected chi connectivity index (χ2v) is 6.70. The monoisotopic (exact) mass is 314 g/mol. The van der Waals surface area contributed by atoms with E-state index in [-0.39, 0.29) is 5.91 Å². The number of carbonyl (C=O) groups is 1. The average Bonchev–Trinajstić information content (AvgIpc) is 2.97. The van der Waals surface area contributed by atoms with Gasteiger partial charge in [0.05, 0.1) is 7.11 Å². The van der Waals surface area contributed by atoms with E-state index in [1.165, 1.54) is 17.5 Å². The van der Waals surface area contributed by atoms with Crippen molar-refractivity contribution in [2.24, 2.45) is 0 Å². The Bertz CT molecular complexity index is 612. The molecule has 1 fully saturated rings. The van der Waals surface area contributed by atoms with Gasteiger partial charge in [0.15, 0.2) is 0 Å². The zero-order valence-electron chi connectivity index (χ0n) is 14.3. The molecule has 0 spiro atoms. The largest absolute Gasteiger partial charge is 0.497 e. The van der Waals surface area contributed by atoms with Crippen LogP contribution in [0, 0.1) is 0 Å². The molecule has 1 unspecified atom stereocenters. The van der Waals surface area contributed by atoms with Gasteiger partial charge >= 0.3 is 0 Å². The number of ether oxygens (including phenoxy) is 1. The second-order valence-electron chi connectivity index (χ2n) is 6.70. The van der Waals surface area contributed by atoms with Gasteiger partial charge in [0.25, 0.3) is 0 Å². The highest BCUT2D eigenvalue weighted by atomic mass is 16.5. The van der Waals surface area contributed by atoms with E-state index in [1.54, 1.807) is 13.2 Å². The Labute approximate surface area is 138 Å². The summed E-state index contributed by atoms with van der Waals surface area (Å²) in [6, 6.07) is 6.91. The van der Waals surface area contributed by atoms with Gasteiger partial charge in [-0.25, -0.2) is 0 Å². The summed E-state index contributed by atoms with van der Waals surface area (Å²) in [7, 11) is 1.72. The number of piperazine rings is 1. The van der Waals surface area contributed by atoms with Crippen molar-refractivity contribution in [3.8, 4) is 5.75 Å². The fourth-order valence-corrected chi connectivity index (χ4v) is 3.66. The lowest BCUT2D eigenvalue weighted by atomic mass is 10.1. The number of nitrogens with zero attached hydrogens (tertiary/aromatic N) is 2. The summed E-state index contributed by atoms with van der Waals surface area (Å²) in [6.45, 7) is 7.47. The highest BCUT2D eigenvalue weighted by Gasteiger charge is 2.31. The van der Waals surface area contributed by atoms with Crippen LogP contribution in [0.2, 0.25) is 0 Å². The van der Waals surface area contributed by atoms with E-state index in [4.69, 9.17) is 4.74 Å². The van der Waals surface area contributed by atoms with Crippen LogP contribution in [0.5, 0.6) is 5.75 Å². The van der Waals surface area contributed by atoms with Crippen molar-refractivity contribution in [3.63, 3.8) is 0 Å². The highest BCUT2D eigenvalue weighted by Crippen LogP contribution is 2.38. The topological polar surface area (TPSA) is 32.8 Å². The van der Waals surface area contributed by atoms with Crippen LogP contribution in [0.25, 0.3) is 0 Å². The smallest absolute Gasteiger partial charge is 0.246 e. The van der Waals surface area contributed by atoms with Gasteiger partial charge in [0.1, 0.15) is 5.75 Å². The minimum Gasteiger partial charge on any atom is -0.497 e. The molecular formula is C19H26N2O2. The lowest BCUT2D eigenvalue weighted by molar-refractivity contribution is -0.128. The number of rotatable bonds is 3. The summed E-state index contributed by atoms with van der Waals surface area (Å²) >= 11 is 0. The van der Waals surface area contributed by atoms with E-state index in [1.807, 2.05) is 18.7 Å².